The Hall–Kier alpha value is -6.64. The predicted molar refractivity (Wildman–Crippen MR) is 210 cm³/mol. The molecule has 0 atom stereocenters. The molecule has 2 aliphatic carbocycles. The number of hydrogen-bond acceptors (Lipinski definition) is 2. The van der Waals surface area contributed by atoms with Gasteiger partial charge in [0.1, 0.15) is 0 Å². The molecule has 0 saturated heterocycles. The van der Waals surface area contributed by atoms with Crippen LogP contribution in [-0.4, -0.2) is 9.97 Å². The van der Waals surface area contributed by atoms with Crippen LogP contribution in [0.2, 0.25) is 0 Å². The lowest BCUT2D eigenvalue weighted by Crippen LogP contribution is -2.25. The molecule has 2 nitrogen and oxygen atoms in total. The summed E-state index contributed by atoms with van der Waals surface area (Å²) in [5.74, 6) is 0. The van der Waals surface area contributed by atoms with Crippen LogP contribution in [0.1, 0.15) is 22.3 Å². The zero-order valence-electron chi connectivity index (χ0n) is 27.7. The Bertz CT molecular complexity index is 2820. The lowest BCUT2D eigenvalue weighted by atomic mass is 9.70. The third-order valence-electron chi connectivity index (χ3n) is 11.2. The summed E-state index contributed by atoms with van der Waals surface area (Å²) >= 11 is 0. The van der Waals surface area contributed by atoms with Crippen LogP contribution < -0.4 is 0 Å². The first-order valence-corrected chi connectivity index (χ1v) is 17.6. The highest BCUT2D eigenvalue weighted by Gasteiger charge is 2.52. The number of rotatable bonds is 3. The number of benzene rings is 7. The summed E-state index contributed by atoms with van der Waals surface area (Å²) in [5, 5.41) is 3.62. The van der Waals surface area contributed by atoms with E-state index in [-0.39, 0.29) is 0 Å². The van der Waals surface area contributed by atoms with E-state index >= 15 is 0 Å². The fraction of sp³-hybridized carbons (Fsp3) is 0.0204. The average Bonchev–Trinajstić information content (AvgIpc) is 3.68. The minimum atomic E-state index is -0.391. The maximum Gasteiger partial charge on any atom is 0.0788 e. The van der Waals surface area contributed by atoms with Gasteiger partial charge in [0.15, 0.2) is 0 Å². The van der Waals surface area contributed by atoms with E-state index in [1.807, 2.05) is 12.4 Å². The lowest BCUT2D eigenvalue weighted by molar-refractivity contribution is 0.794. The molecule has 0 unspecified atom stereocenters. The van der Waals surface area contributed by atoms with Crippen molar-refractivity contribution in [3.8, 4) is 55.8 Å². The summed E-state index contributed by atoms with van der Waals surface area (Å²) in [6.07, 6.45) is 3.70. The minimum Gasteiger partial charge on any atom is -0.265 e. The SMILES string of the molecule is c1cc(-c2ccncc2)cc(-c2cccc(-c3nc4ccccc4c4c5c(ccc34)C3(c4ccccc4-c4ccccc43)c3ccccc3-5)c2)c1. The summed E-state index contributed by atoms with van der Waals surface area (Å²) < 4.78 is 0. The molecule has 0 bridgehead atoms. The van der Waals surface area contributed by atoms with Gasteiger partial charge in [0.25, 0.3) is 0 Å². The highest BCUT2D eigenvalue weighted by Crippen LogP contribution is 2.64. The molecule has 0 N–H and O–H groups in total. The second-order valence-electron chi connectivity index (χ2n) is 13.7. The first-order valence-electron chi connectivity index (χ1n) is 17.6. The molecule has 0 amide bonds. The molecule has 9 aromatic rings. The number of para-hydroxylation sites is 1. The van der Waals surface area contributed by atoms with Crippen LogP contribution in [0, 0.1) is 0 Å². The Kier molecular flexibility index (Phi) is 5.91. The fourth-order valence-electron chi connectivity index (χ4n) is 9.11. The van der Waals surface area contributed by atoms with Crippen LogP contribution in [0.25, 0.3) is 77.4 Å². The van der Waals surface area contributed by atoms with E-state index in [9.17, 15) is 0 Å². The maximum atomic E-state index is 5.41. The van der Waals surface area contributed by atoms with Crippen molar-refractivity contribution in [1.29, 1.82) is 0 Å². The average molecular weight is 647 g/mol. The van der Waals surface area contributed by atoms with Crippen molar-refractivity contribution in [3.63, 3.8) is 0 Å². The highest BCUT2D eigenvalue weighted by atomic mass is 14.7. The van der Waals surface area contributed by atoms with E-state index in [0.717, 1.165) is 27.9 Å². The van der Waals surface area contributed by atoms with Gasteiger partial charge in [-0.25, -0.2) is 4.98 Å². The molecule has 2 aliphatic rings. The third-order valence-corrected chi connectivity index (χ3v) is 11.2. The molecule has 1 spiro atoms. The smallest absolute Gasteiger partial charge is 0.0788 e. The summed E-state index contributed by atoms with van der Waals surface area (Å²) in [7, 11) is 0. The van der Waals surface area contributed by atoms with Crippen LogP contribution in [0.5, 0.6) is 0 Å². The number of fused-ring (bicyclic) bond motifs is 14. The van der Waals surface area contributed by atoms with Crippen molar-refractivity contribution in [2.45, 2.75) is 5.41 Å². The summed E-state index contributed by atoms with van der Waals surface area (Å²) in [6.45, 7) is 0. The van der Waals surface area contributed by atoms with E-state index in [1.165, 1.54) is 71.8 Å². The van der Waals surface area contributed by atoms with Gasteiger partial charge in [-0.15, -0.1) is 0 Å². The molecule has 51 heavy (non-hydrogen) atoms. The van der Waals surface area contributed by atoms with Crippen molar-refractivity contribution in [2.24, 2.45) is 0 Å². The van der Waals surface area contributed by atoms with E-state index in [0.29, 0.717) is 0 Å². The first-order chi connectivity index (χ1) is 25.3. The molecular weight excluding hydrogens is 617 g/mol. The van der Waals surface area contributed by atoms with Gasteiger partial charge in [-0.3, -0.25) is 4.98 Å². The van der Waals surface area contributed by atoms with Gasteiger partial charge in [-0.1, -0.05) is 140 Å². The van der Waals surface area contributed by atoms with Crippen LogP contribution in [0.4, 0.5) is 0 Å². The van der Waals surface area contributed by atoms with Gasteiger partial charge in [-0.2, -0.15) is 0 Å². The van der Waals surface area contributed by atoms with Crippen molar-refractivity contribution in [1.82, 2.24) is 9.97 Å². The molecule has 0 saturated carbocycles. The van der Waals surface area contributed by atoms with Gasteiger partial charge in [0, 0.05) is 34.1 Å². The quantitative estimate of drug-likeness (QED) is 0.179. The van der Waals surface area contributed by atoms with Crippen molar-refractivity contribution in [3.05, 3.63) is 205 Å². The lowest BCUT2D eigenvalue weighted by Gasteiger charge is -2.30. The summed E-state index contributed by atoms with van der Waals surface area (Å²) in [6, 6.07) is 62.3. The van der Waals surface area contributed by atoms with Crippen LogP contribution >= 0.6 is 0 Å². The van der Waals surface area contributed by atoms with E-state index in [4.69, 9.17) is 4.98 Å². The fourth-order valence-corrected chi connectivity index (χ4v) is 9.11. The van der Waals surface area contributed by atoms with Gasteiger partial charge < -0.3 is 0 Å². The Balaban J connectivity index is 1.19. The number of pyridine rings is 2. The number of nitrogens with zero attached hydrogens (tertiary/aromatic N) is 2. The Morgan fingerprint density at radius 2 is 0.922 bits per heavy atom. The van der Waals surface area contributed by atoms with E-state index in [1.54, 1.807) is 0 Å². The maximum absolute atomic E-state index is 5.41. The topological polar surface area (TPSA) is 25.8 Å². The van der Waals surface area contributed by atoms with Crippen LogP contribution in [-0.2, 0) is 5.41 Å². The molecule has 2 aromatic heterocycles. The van der Waals surface area contributed by atoms with Gasteiger partial charge in [0.05, 0.1) is 16.6 Å². The van der Waals surface area contributed by atoms with Gasteiger partial charge in [-0.05, 0) is 97.1 Å². The molecule has 11 rings (SSSR count). The van der Waals surface area contributed by atoms with Crippen molar-refractivity contribution >= 4 is 21.7 Å². The highest BCUT2D eigenvalue weighted by molar-refractivity contribution is 6.20. The molecule has 7 aromatic carbocycles. The third kappa shape index (κ3) is 3.87. The normalized spacial score (nSPS) is 13.3. The van der Waals surface area contributed by atoms with Crippen LogP contribution in [0.15, 0.2) is 182 Å². The van der Waals surface area contributed by atoms with E-state index in [2.05, 4.69) is 175 Å². The molecule has 0 aliphatic heterocycles. The molecule has 0 radical (unpaired) electrons. The van der Waals surface area contributed by atoms with Gasteiger partial charge >= 0.3 is 0 Å². The van der Waals surface area contributed by atoms with E-state index < -0.39 is 5.41 Å². The second kappa shape index (κ2) is 10.7. The standard InChI is InChI=1S/C49H30N2/c1-5-19-41-36(15-1)37-16-2-6-20-42(37)49(41)43-21-7-3-17-38(43)47-44(49)24-23-40-46(47)39-18-4-8-22-45(39)51-48(40)35-14-10-13-34(30-35)33-12-9-11-32(29-33)31-25-27-50-28-26-31/h1-30H. The molecule has 236 valence electrons. The van der Waals surface area contributed by atoms with Crippen LogP contribution in [0.3, 0.4) is 0 Å². The molecule has 0 fully saturated rings. The Labute approximate surface area is 296 Å². The minimum absolute atomic E-state index is 0.391. The zero-order chi connectivity index (χ0) is 33.5. The largest absolute Gasteiger partial charge is 0.265 e. The molecule has 2 heteroatoms. The Morgan fingerprint density at radius 3 is 1.63 bits per heavy atom. The second-order valence-corrected chi connectivity index (χ2v) is 13.7. The van der Waals surface area contributed by atoms with Gasteiger partial charge in [0.2, 0.25) is 0 Å². The first kappa shape index (κ1) is 28.2. The summed E-state index contributed by atoms with van der Waals surface area (Å²) in [4.78, 5) is 9.62. The summed E-state index contributed by atoms with van der Waals surface area (Å²) in [5.41, 5.74) is 18.1. The predicted octanol–water partition coefficient (Wildman–Crippen LogP) is 12.1. The number of aromatic nitrogens is 2. The Morgan fingerprint density at radius 1 is 0.373 bits per heavy atom. The molecular formula is C49H30N2. The monoisotopic (exact) mass is 646 g/mol. The van der Waals surface area contributed by atoms with Crippen molar-refractivity contribution < 1.29 is 0 Å². The van der Waals surface area contributed by atoms with Crippen molar-refractivity contribution in [2.75, 3.05) is 0 Å². The number of hydrogen-bond donors (Lipinski definition) is 0. The molecule has 2 heterocycles. The zero-order valence-corrected chi connectivity index (χ0v) is 27.7.